The predicted molar refractivity (Wildman–Crippen MR) is 148 cm³/mol. The summed E-state index contributed by atoms with van der Waals surface area (Å²) in [5.74, 6) is 0. The Kier molecular flexibility index (Phi) is 14.9. The number of amides is 1. The smallest absolute Gasteiger partial charge is 0.407 e. The summed E-state index contributed by atoms with van der Waals surface area (Å²) in [6.07, 6.45) is 12.4. The topological polar surface area (TPSA) is 60.1 Å². The normalized spacial score (nSPS) is 21.8. The number of hydrogen-bond acceptors (Lipinski definition) is 6. The van der Waals surface area contributed by atoms with E-state index in [0.29, 0.717) is 13.2 Å². The highest BCUT2D eigenvalue weighted by Gasteiger charge is 2.18. The average Bonchev–Trinajstić information content (AvgIpc) is 2.90. The third-order valence-electron chi connectivity index (χ3n) is 7.40. The maximum absolute atomic E-state index is 11.8. The lowest BCUT2D eigenvalue weighted by molar-refractivity contribution is 0.0741. The Morgan fingerprint density at radius 3 is 2.31 bits per heavy atom. The molecule has 2 aliphatic heterocycles. The van der Waals surface area contributed by atoms with Crippen LogP contribution in [-0.2, 0) is 11.3 Å². The van der Waals surface area contributed by atoms with Gasteiger partial charge in [0, 0.05) is 45.8 Å². The summed E-state index contributed by atoms with van der Waals surface area (Å²) in [5, 5.41) is 6.50. The highest BCUT2D eigenvalue weighted by Crippen LogP contribution is 2.10. The van der Waals surface area contributed by atoms with Crippen molar-refractivity contribution in [2.24, 2.45) is 0 Å². The molecule has 3 rings (SSSR count). The van der Waals surface area contributed by atoms with Crippen LogP contribution in [-0.4, -0.2) is 92.9 Å². The van der Waals surface area contributed by atoms with Gasteiger partial charge >= 0.3 is 6.09 Å². The van der Waals surface area contributed by atoms with Crippen LogP contribution in [0.4, 0.5) is 4.79 Å². The molecule has 7 heteroatoms. The van der Waals surface area contributed by atoms with E-state index in [4.69, 9.17) is 4.74 Å². The first-order valence-corrected chi connectivity index (χ1v) is 14.6. The Morgan fingerprint density at radius 1 is 0.778 bits per heavy atom. The zero-order chi connectivity index (χ0) is 25.1. The van der Waals surface area contributed by atoms with Crippen molar-refractivity contribution in [3.05, 3.63) is 35.9 Å². The number of nitrogens with zero attached hydrogens (tertiary/aromatic N) is 3. The molecule has 2 unspecified atom stereocenters. The number of rotatable bonds is 13. The number of unbranched alkanes of at least 4 members (excludes halogenated alkanes) is 7. The van der Waals surface area contributed by atoms with Gasteiger partial charge < -0.3 is 20.3 Å². The number of carbonyl (C=O) groups is 1. The predicted octanol–water partition coefficient (Wildman–Crippen LogP) is 4.29. The molecule has 7 nitrogen and oxygen atoms in total. The van der Waals surface area contributed by atoms with E-state index in [0.717, 1.165) is 31.7 Å². The number of alkyl carbamates (subject to hydrolysis) is 1. The van der Waals surface area contributed by atoms with Crippen LogP contribution in [0.25, 0.3) is 0 Å². The minimum Gasteiger partial charge on any atom is -0.445 e. The van der Waals surface area contributed by atoms with Crippen molar-refractivity contribution in [3.63, 3.8) is 0 Å². The molecule has 0 aromatic heterocycles. The lowest BCUT2D eigenvalue weighted by Crippen LogP contribution is -2.49. The van der Waals surface area contributed by atoms with Crippen LogP contribution in [0.3, 0.4) is 0 Å². The fraction of sp³-hybridized carbons (Fsp3) is 0.759. The Bertz CT molecular complexity index is 690. The molecule has 1 aromatic rings. The molecule has 2 saturated heterocycles. The quantitative estimate of drug-likeness (QED) is 0.393. The molecule has 0 spiro atoms. The van der Waals surface area contributed by atoms with Gasteiger partial charge in [-0.3, -0.25) is 9.80 Å². The van der Waals surface area contributed by atoms with E-state index < -0.39 is 0 Å². The number of hydrogen-bond donors (Lipinski definition) is 2. The zero-order valence-electron chi connectivity index (χ0n) is 22.6. The maximum Gasteiger partial charge on any atom is 0.407 e. The molecule has 0 saturated carbocycles. The van der Waals surface area contributed by atoms with Gasteiger partial charge in [-0.05, 0) is 50.9 Å². The molecule has 204 valence electrons. The number of carbonyl (C=O) groups excluding carboxylic acids is 1. The second kappa shape index (κ2) is 18.6. The molecule has 1 amide bonds. The fourth-order valence-electron chi connectivity index (χ4n) is 5.20. The number of nitrogens with one attached hydrogen (secondary N) is 2. The van der Waals surface area contributed by atoms with Gasteiger partial charge in [-0.2, -0.15) is 0 Å². The molecule has 0 radical (unpaired) electrons. The van der Waals surface area contributed by atoms with Crippen molar-refractivity contribution >= 4 is 6.09 Å². The minimum absolute atomic E-state index is 0.315. The number of fused-ring (bicyclic) bond motifs is 2. The molecule has 1 aromatic carbocycles. The average molecular weight is 502 g/mol. The first-order chi connectivity index (χ1) is 17.8. The van der Waals surface area contributed by atoms with E-state index in [-0.39, 0.29) is 6.09 Å². The first kappa shape index (κ1) is 28.9. The second-order valence-electron chi connectivity index (χ2n) is 10.5. The lowest BCUT2D eigenvalue weighted by atomic mass is 10.1. The van der Waals surface area contributed by atoms with Crippen molar-refractivity contribution in [2.75, 3.05) is 72.1 Å². The van der Waals surface area contributed by atoms with Gasteiger partial charge in [0.25, 0.3) is 0 Å². The maximum atomic E-state index is 11.8. The Balaban J connectivity index is 1.13. The number of benzene rings is 1. The van der Waals surface area contributed by atoms with E-state index in [9.17, 15) is 4.79 Å². The molecule has 2 atom stereocenters. The van der Waals surface area contributed by atoms with Gasteiger partial charge in [0.2, 0.25) is 0 Å². The van der Waals surface area contributed by atoms with Gasteiger partial charge in [-0.15, -0.1) is 0 Å². The summed E-state index contributed by atoms with van der Waals surface area (Å²) in [6, 6.07) is 9.80. The fourth-order valence-corrected chi connectivity index (χ4v) is 5.20. The third-order valence-corrected chi connectivity index (χ3v) is 7.40. The van der Waals surface area contributed by atoms with Crippen molar-refractivity contribution < 1.29 is 9.53 Å². The van der Waals surface area contributed by atoms with E-state index in [1.54, 1.807) is 0 Å². The van der Waals surface area contributed by atoms with E-state index in [2.05, 4.69) is 25.3 Å². The van der Waals surface area contributed by atoms with Crippen LogP contribution in [0.5, 0.6) is 0 Å². The van der Waals surface area contributed by atoms with Crippen LogP contribution in [0.1, 0.15) is 69.8 Å². The molecule has 0 aliphatic carbocycles. The van der Waals surface area contributed by atoms with Gasteiger partial charge in [0.05, 0.1) is 6.67 Å². The summed E-state index contributed by atoms with van der Waals surface area (Å²) in [6.45, 7) is 13.1. The molecule has 2 aliphatic rings. The lowest BCUT2D eigenvalue weighted by Gasteiger charge is -2.37. The van der Waals surface area contributed by atoms with Crippen LogP contribution in [0, 0.1) is 0 Å². The van der Waals surface area contributed by atoms with E-state index in [1.807, 2.05) is 30.3 Å². The monoisotopic (exact) mass is 501 g/mol. The molecule has 36 heavy (non-hydrogen) atoms. The minimum atomic E-state index is -0.315. The first-order valence-electron chi connectivity index (χ1n) is 14.6. The van der Waals surface area contributed by atoms with E-state index >= 15 is 0 Å². The Hall–Kier alpha value is -1.67. The highest BCUT2D eigenvalue weighted by molar-refractivity contribution is 5.67. The van der Waals surface area contributed by atoms with Crippen LogP contribution in [0.15, 0.2) is 30.3 Å². The van der Waals surface area contributed by atoms with Crippen molar-refractivity contribution in [1.29, 1.82) is 0 Å². The number of ether oxygens (including phenoxy) is 1. The largest absolute Gasteiger partial charge is 0.445 e. The second-order valence-corrected chi connectivity index (χ2v) is 10.5. The molecule has 2 bridgehead atoms. The standard InChI is InChI=1S/C29H51N5O2/c35-29(36-26-28-14-8-7-9-15-28)31-17-10-5-3-1-2-4-6-11-19-32-20-12-16-30-18-23-33-21-13-22-34(27-33)25-24-32/h7-9,14-15,30H,1-6,10-13,16-27H2,(H,31,35). The van der Waals surface area contributed by atoms with Crippen LogP contribution in [0.2, 0.25) is 0 Å². The van der Waals surface area contributed by atoms with Crippen LogP contribution < -0.4 is 10.6 Å². The molecular formula is C29H51N5O2. The summed E-state index contributed by atoms with van der Waals surface area (Å²) in [5.41, 5.74) is 1.02. The third kappa shape index (κ3) is 13.0. The summed E-state index contributed by atoms with van der Waals surface area (Å²) in [7, 11) is 0. The molecule has 2 N–H and O–H groups in total. The molecule has 2 fully saturated rings. The van der Waals surface area contributed by atoms with Crippen LogP contribution >= 0.6 is 0 Å². The van der Waals surface area contributed by atoms with Gasteiger partial charge in [0.1, 0.15) is 6.61 Å². The highest BCUT2D eigenvalue weighted by atomic mass is 16.5. The Morgan fingerprint density at radius 2 is 1.50 bits per heavy atom. The molecule has 2 heterocycles. The summed E-state index contributed by atoms with van der Waals surface area (Å²) in [4.78, 5) is 19.7. The molecular weight excluding hydrogens is 450 g/mol. The van der Waals surface area contributed by atoms with Gasteiger partial charge in [-0.25, -0.2) is 4.79 Å². The van der Waals surface area contributed by atoms with E-state index in [1.165, 1.54) is 104 Å². The SMILES string of the molecule is O=C(NCCCCCCCCCCN1CCCNCCN2CCCN(CC1)C2)OCc1ccccc1. The van der Waals surface area contributed by atoms with Crippen molar-refractivity contribution in [3.8, 4) is 0 Å². The summed E-state index contributed by atoms with van der Waals surface area (Å²) >= 11 is 0. The van der Waals surface area contributed by atoms with Gasteiger partial charge in [-0.1, -0.05) is 68.9 Å². The zero-order valence-corrected chi connectivity index (χ0v) is 22.6. The summed E-state index contributed by atoms with van der Waals surface area (Å²) < 4.78 is 5.25. The van der Waals surface area contributed by atoms with Crippen molar-refractivity contribution in [2.45, 2.75) is 70.8 Å². The van der Waals surface area contributed by atoms with Gasteiger partial charge in [0.15, 0.2) is 0 Å². The van der Waals surface area contributed by atoms with Crippen molar-refractivity contribution in [1.82, 2.24) is 25.3 Å². The Labute approximate surface area is 219 Å².